The molecule has 1 heterocycles. The van der Waals surface area contributed by atoms with Crippen LogP contribution in [0.15, 0.2) is 72.8 Å². The highest BCUT2D eigenvalue weighted by molar-refractivity contribution is 6.04. The summed E-state index contributed by atoms with van der Waals surface area (Å²) in [5.74, 6) is 2.51. The zero-order chi connectivity index (χ0) is 20.3. The molecule has 0 radical (unpaired) electrons. The van der Waals surface area contributed by atoms with Crippen molar-refractivity contribution in [1.29, 1.82) is 0 Å². The lowest BCUT2D eigenvalue weighted by Crippen LogP contribution is -2.26. The zero-order valence-corrected chi connectivity index (χ0v) is 16.5. The van der Waals surface area contributed by atoms with E-state index in [1.54, 1.807) is 18.2 Å². The van der Waals surface area contributed by atoms with Crippen molar-refractivity contribution in [3.63, 3.8) is 0 Å². The highest BCUT2D eigenvalue weighted by Crippen LogP contribution is 2.34. The third-order valence-corrected chi connectivity index (χ3v) is 4.53. The van der Waals surface area contributed by atoms with Crippen LogP contribution in [0.4, 0.5) is 5.69 Å². The number of rotatable bonds is 4. The number of benzene rings is 3. The number of carbonyl (C=O) groups is 1. The summed E-state index contributed by atoms with van der Waals surface area (Å²) in [6.07, 6.45) is 0. The van der Waals surface area contributed by atoms with E-state index < -0.39 is 0 Å². The highest BCUT2D eigenvalue weighted by Gasteiger charge is 2.25. The number of fused-ring (bicyclic) bond motifs is 1. The Balaban J connectivity index is 1.42. The number of hydrogen-bond acceptors (Lipinski definition) is 4. The van der Waals surface area contributed by atoms with Crippen LogP contribution >= 0.6 is 0 Å². The zero-order valence-electron chi connectivity index (χ0n) is 16.5. The van der Waals surface area contributed by atoms with Crippen LogP contribution in [-0.4, -0.2) is 19.1 Å². The summed E-state index contributed by atoms with van der Waals surface area (Å²) in [6, 6.07) is 22.0. The lowest BCUT2D eigenvalue weighted by atomic mass is 9.97. The summed E-state index contributed by atoms with van der Waals surface area (Å²) in [4.78, 5) is 12.7. The van der Waals surface area contributed by atoms with Crippen LogP contribution in [0.2, 0.25) is 0 Å². The van der Waals surface area contributed by atoms with Gasteiger partial charge in [0, 0.05) is 16.7 Å². The second kappa shape index (κ2) is 7.87. The van der Waals surface area contributed by atoms with Crippen LogP contribution in [0.5, 0.6) is 23.0 Å². The van der Waals surface area contributed by atoms with E-state index in [4.69, 9.17) is 14.2 Å². The van der Waals surface area contributed by atoms with Crippen molar-refractivity contribution < 1.29 is 19.0 Å². The first kappa shape index (κ1) is 18.9. The SMILES string of the molecule is CC1(C)COc2ccc(C(=O)Nc3ccc(Oc4ccccc4)cc3)cc2OC1. The van der Waals surface area contributed by atoms with E-state index in [9.17, 15) is 4.79 Å². The number of nitrogens with one attached hydrogen (secondary N) is 1. The monoisotopic (exact) mass is 389 g/mol. The lowest BCUT2D eigenvalue weighted by molar-refractivity contribution is 0.102. The molecule has 0 spiro atoms. The number of para-hydroxylation sites is 1. The summed E-state index contributed by atoms with van der Waals surface area (Å²) in [6.45, 7) is 5.27. The van der Waals surface area contributed by atoms with Gasteiger partial charge in [0.05, 0.1) is 13.2 Å². The summed E-state index contributed by atoms with van der Waals surface area (Å²) in [7, 11) is 0. The summed E-state index contributed by atoms with van der Waals surface area (Å²) in [5.41, 5.74) is 1.12. The smallest absolute Gasteiger partial charge is 0.255 e. The Kier molecular flexibility index (Phi) is 5.12. The van der Waals surface area contributed by atoms with Gasteiger partial charge in [0.15, 0.2) is 11.5 Å². The van der Waals surface area contributed by atoms with Gasteiger partial charge in [-0.25, -0.2) is 0 Å². The summed E-state index contributed by atoms with van der Waals surface area (Å²) < 4.78 is 17.4. The summed E-state index contributed by atoms with van der Waals surface area (Å²) in [5, 5.41) is 2.90. The molecule has 3 aromatic rings. The molecule has 5 nitrogen and oxygen atoms in total. The fourth-order valence-corrected chi connectivity index (χ4v) is 2.90. The van der Waals surface area contributed by atoms with E-state index in [-0.39, 0.29) is 11.3 Å². The number of anilines is 1. The molecule has 1 aliphatic heterocycles. The Labute approximate surface area is 170 Å². The molecule has 29 heavy (non-hydrogen) atoms. The average molecular weight is 389 g/mol. The van der Waals surface area contributed by atoms with E-state index in [1.807, 2.05) is 54.6 Å². The molecule has 0 aliphatic carbocycles. The maximum absolute atomic E-state index is 12.7. The number of amides is 1. The predicted molar refractivity (Wildman–Crippen MR) is 112 cm³/mol. The average Bonchev–Trinajstić information content (AvgIpc) is 2.88. The number of carbonyl (C=O) groups excluding carboxylic acids is 1. The van der Waals surface area contributed by atoms with Crippen molar-refractivity contribution >= 4 is 11.6 Å². The van der Waals surface area contributed by atoms with Crippen LogP contribution in [0, 0.1) is 5.41 Å². The van der Waals surface area contributed by atoms with E-state index in [2.05, 4.69) is 19.2 Å². The fraction of sp³-hybridized carbons (Fsp3) is 0.208. The van der Waals surface area contributed by atoms with Crippen molar-refractivity contribution in [2.75, 3.05) is 18.5 Å². The quantitative estimate of drug-likeness (QED) is 0.637. The first-order chi connectivity index (χ1) is 14.0. The largest absolute Gasteiger partial charge is 0.489 e. The third-order valence-electron chi connectivity index (χ3n) is 4.53. The molecule has 1 aliphatic rings. The molecule has 1 amide bonds. The van der Waals surface area contributed by atoms with E-state index >= 15 is 0 Å². The third kappa shape index (κ3) is 4.69. The number of hydrogen-bond donors (Lipinski definition) is 1. The molecule has 4 rings (SSSR count). The van der Waals surface area contributed by atoms with Crippen LogP contribution < -0.4 is 19.5 Å². The normalized spacial score (nSPS) is 14.6. The van der Waals surface area contributed by atoms with E-state index in [0.717, 1.165) is 5.75 Å². The predicted octanol–water partition coefficient (Wildman–Crippen LogP) is 5.53. The van der Waals surface area contributed by atoms with Gasteiger partial charge in [0.25, 0.3) is 5.91 Å². The molecule has 0 unspecified atom stereocenters. The van der Waals surface area contributed by atoms with Gasteiger partial charge in [-0.3, -0.25) is 4.79 Å². The van der Waals surface area contributed by atoms with Gasteiger partial charge < -0.3 is 19.5 Å². The lowest BCUT2D eigenvalue weighted by Gasteiger charge is -2.19. The highest BCUT2D eigenvalue weighted by atomic mass is 16.5. The molecule has 148 valence electrons. The Bertz CT molecular complexity index is 997. The molecule has 0 bridgehead atoms. The maximum atomic E-state index is 12.7. The Morgan fingerprint density at radius 1 is 0.862 bits per heavy atom. The van der Waals surface area contributed by atoms with Gasteiger partial charge in [-0.05, 0) is 54.6 Å². The Morgan fingerprint density at radius 3 is 2.24 bits per heavy atom. The van der Waals surface area contributed by atoms with Gasteiger partial charge in [-0.1, -0.05) is 32.0 Å². The molecule has 3 aromatic carbocycles. The van der Waals surface area contributed by atoms with Crippen molar-refractivity contribution in [2.24, 2.45) is 5.41 Å². The topological polar surface area (TPSA) is 56.8 Å². The van der Waals surface area contributed by atoms with Crippen LogP contribution in [-0.2, 0) is 0 Å². The van der Waals surface area contributed by atoms with Crippen LogP contribution in [0.1, 0.15) is 24.2 Å². The molecule has 0 aromatic heterocycles. The second-order valence-corrected chi connectivity index (χ2v) is 7.80. The van der Waals surface area contributed by atoms with Gasteiger partial charge in [0.1, 0.15) is 11.5 Å². The van der Waals surface area contributed by atoms with Crippen LogP contribution in [0.3, 0.4) is 0 Å². The van der Waals surface area contributed by atoms with Crippen molar-refractivity contribution in [2.45, 2.75) is 13.8 Å². The molecular formula is C24H23NO4. The van der Waals surface area contributed by atoms with Crippen molar-refractivity contribution in [1.82, 2.24) is 0 Å². The fourth-order valence-electron chi connectivity index (χ4n) is 2.90. The first-order valence-electron chi connectivity index (χ1n) is 9.53. The molecule has 1 N–H and O–H groups in total. The van der Waals surface area contributed by atoms with E-state index in [0.29, 0.717) is 41.7 Å². The molecule has 0 fully saturated rings. The Hall–Kier alpha value is -3.47. The second-order valence-electron chi connectivity index (χ2n) is 7.80. The summed E-state index contributed by atoms with van der Waals surface area (Å²) >= 11 is 0. The van der Waals surface area contributed by atoms with Gasteiger partial charge in [0.2, 0.25) is 0 Å². The molecule has 0 saturated heterocycles. The first-order valence-corrected chi connectivity index (χ1v) is 9.53. The van der Waals surface area contributed by atoms with E-state index in [1.165, 1.54) is 0 Å². The van der Waals surface area contributed by atoms with Gasteiger partial charge >= 0.3 is 0 Å². The molecule has 5 heteroatoms. The minimum Gasteiger partial charge on any atom is -0.489 e. The van der Waals surface area contributed by atoms with Crippen molar-refractivity contribution in [3.05, 3.63) is 78.4 Å². The van der Waals surface area contributed by atoms with Gasteiger partial charge in [-0.15, -0.1) is 0 Å². The maximum Gasteiger partial charge on any atom is 0.255 e. The van der Waals surface area contributed by atoms with Crippen LogP contribution in [0.25, 0.3) is 0 Å². The van der Waals surface area contributed by atoms with Gasteiger partial charge in [-0.2, -0.15) is 0 Å². The standard InChI is InChI=1S/C24H23NO4/c1-24(2)15-27-21-13-8-17(14-22(21)28-16-24)23(26)25-18-9-11-20(12-10-18)29-19-6-4-3-5-7-19/h3-14H,15-16H2,1-2H3,(H,25,26). The van der Waals surface area contributed by atoms with Crippen molar-refractivity contribution in [3.8, 4) is 23.0 Å². The molecular weight excluding hydrogens is 366 g/mol. The minimum atomic E-state index is -0.211. The minimum absolute atomic E-state index is 0.0784. The Morgan fingerprint density at radius 2 is 1.52 bits per heavy atom. The molecule has 0 saturated carbocycles. The molecule has 0 atom stereocenters. The number of ether oxygens (including phenoxy) is 3.